The first-order valence-corrected chi connectivity index (χ1v) is 11.5. The number of hydrogen-bond acceptors (Lipinski definition) is 7. The predicted octanol–water partition coefficient (Wildman–Crippen LogP) is 3.45. The normalized spacial score (nSPS) is 14.8. The van der Waals surface area contributed by atoms with Crippen LogP contribution in [0.15, 0.2) is 41.5 Å². The molecule has 0 atom stereocenters. The number of fused-ring (bicyclic) bond motifs is 2. The van der Waals surface area contributed by atoms with E-state index in [1.54, 1.807) is 0 Å². The molecule has 1 aliphatic heterocycles. The molecule has 0 amide bonds. The summed E-state index contributed by atoms with van der Waals surface area (Å²) in [5, 5.41) is 4.48. The molecule has 0 aromatic carbocycles. The van der Waals surface area contributed by atoms with Crippen molar-refractivity contribution in [3.05, 3.63) is 63.3 Å². The fourth-order valence-corrected chi connectivity index (χ4v) is 4.59. The van der Waals surface area contributed by atoms with Crippen molar-refractivity contribution in [3.8, 4) is 0 Å². The van der Waals surface area contributed by atoms with Gasteiger partial charge in [0.1, 0.15) is 10.7 Å². The van der Waals surface area contributed by atoms with E-state index in [0.717, 1.165) is 71.5 Å². The molecule has 0 saturated carbocycles. The van der Waals surface area contributed by atoms with Crippen LogP contribution in [0.3, 0.4) is 0 Å². The van der Waals surface area contributed by atoms with E-state index in [0.29, 0.717) is 17.4 Å². The fraction of sp³-hybridized carbons (Fsp3) is 0.333. The Morgan fingerprint density at radius 3 is 2.67 bits per heavy atom. The molecule has 5 heterocycles. The minimum atomic E-state index is -0.0273. The van der Waals surface area contributed by atoms with Gasteiger partial charge in [-0.05, 0) is 36.2 Å². The smallest absolute Gasteiger partial charge is 0.251 e. The lowest BCUT2D eigenvalue weighted by Gasteiger charge is -2.36. The van der Waals surface area contributed by atoms with Crippen LogP contribution in [-0.4, -0.2) is 58.1 Å². The van der Waals surface area contributed by atoms with Crippen molar-refractivity contribution in [2.75, 3.05) is 43.4 Å². The minimum absolute atomic E-state index is 0.0273. The Kier molecular flexibility index (Phi) is 5.86. The lowest BCUT2D eigenvalue weighted by atomic mass is 10.1. The van der Waals surface area contributed by atoms with E-state index in [9.17, 15) is 4.79 Å². The second kappa shape index (κ2) is 8.96. The fourth-order valence-electron chi connectivity index (χ4n) is 4.38. The third-order valence-electron chi connectivity index (χ3n) is 6.21. The van der Waals surface area contributed by atoms with Crippen molar-refractivity contribution in [3.63, 3.8) is 0 Å². The highest BCUT2D eigenvalue weighted by Crippen LogP contribution is 2.27. The Morgan fingerprint density at radius 1 is 1.09 bits per heavy atom. The van der Waals surface area contributed by atoms with Crippen molar-refractivity contribution in [2.45, 2.75) is 19.9 Å². The van der Waals surface area contributed by atoms with E-state index in [4.69, 9.17) is 11.6 Å². The summed E-state index contributed by atoms with van der Waals surface area (Å²) in [4.78, 5) is 33.4. The van der Waals surface area contributed by atoms with Gasteiger partial charge < -0.3 is 15.2 Å². The number of aromatic nitrogens is 4. The number of aromatic amines is 1. The zero-order valence-electron chi connectivity index (χ0n) is 18.7. The number of H-pyrrole nitrogens is 1. The number of rotatable bonds is 5. The van der Waals surface area contributed by atoms with Gasteiger partial charge in [-0.2, -0.15) is 0 Å². The molecule has 2 N–H and O–H groups in total. The van der Waals surface area contributed by atoms with Gasteiger partial charge in [0.05, 0.1) is 22.9 Å². The van der Waals surface area contributed by atoms with Gasteiger partial charge in [0.25, 0.3) is 5.56 Å². The van der Waals surface area contributed by atoms with Crippen LogP contribution in [0.4, 0.5) is 11.5 Å². The summed E-state index contributed by atoms with van der Waals surface area (Å²) >= 11 is 6.17. The molecule has 9 heteroatoms. The van der Waals surface area contributed by atoms with Crippen molar-refractivity contribution in [1.82, 2.24) is 24.8 Å². The number of aryl methyl sites for hydroxylation is 1. The average Bonchev–Trinajstić information content (AvgIpc) is 2.83. The van der Waals surface area contributed by atoms with Crippen molar-refractivity contribution >= 4 is 45.0 Å². The van der Waals surface area contributed by atoms with Gasteiger partial charge in [-0.15, -0.1) is 0 Å². The van der Waals surface area contributed by atoms with Crippen LogP contribution >= 0.6 is 11.6 Å². The number of halogens is 1. The number of anilines is 2. The molecule has 4 aromatic rings. The molecular formula is C24H26ClN7O. The Bertz CT molecular complexity index is 1380. The Morgan fingerprint density at radius 2 is 1.91 bits per heavy atom. The number of nitrogens with one attached hydrogen (secondary N) is 2. The summed E-state index contributed by atoms with van der Waals surface area (Å²) in [6.07, 6.45) is 4.52. The third-order valence-corrected chi connectivity index (χ3v) is 6.40. The Hall–Kier alpha value is -3.23. The van der Waals surface area contributed by atoms with Crippen molar-refractivity contribution in [2.24, 2.45) is 0 Å². The van der Waals surface area contributed by atoms with Gasteiger partial charge in [0, 0.05) is 56.9 Å². The lowest BCUT2D eigenvalue weighted by molar-refractivity contribution is 0.249. The molecule has 1 saturated heterocycles. The lowest BCUT2D eigenvalue weighted by Crippen LogP contribution is -2.46. The maximum Gasteiger partial charge on any atom is 0.251 e. The topological polar surface area (TPSA) is 90.0 Å². The molecule has 1 aliphatic rings. The van der Waals surface area contributed by atoms with E-state index in [-0.39, 0.29) is 5.56 Å². The second-order valence-corrected chi connectivity index (χ2v) is 8.71. The van der Waals surface area contributed by atoms with Gasteiger partial charge in [0.2, 0.25) is 0 Å². The second-order valence-electron chi connectivity index (χ2n) is 8.33. The van der Waals surface area contributed by atoms with Crippen LogP contribution in [-0.2, 0) is 13.0 Å². The molecule has 4 aromatic heterocycles. The molecule has 1 fully saturated rings. The van der Waals surface area contributed by atoms with Crippen LogP contribution < -0.4 is 15.8 Å². The van der Waals surface area contributed by atoms with Crippen LogP contribution in [0, 0.1) is 0 Å². The van der Waals surface area contributed by atoms with Crippen LogP contribution in [0.5, 0.6) is 0 Å². The third kappa shape index (κ3) is 4.36. The highest BCUT2D eigenvalue weighted by atomic mass is 35.5. The molecular weight excluding hydrogens is 438 g/mol. The molecule has 33 heavy (non-hydrogen) atoms. The van der Waals surface area contributed by atoms with Gasteiger partial charge in [-0.25, -0.2) is 4.98 Å². The summed E-state index contributed by atoms with van der Waals surface area (Å²) in [5.41, 5.74) is 5.37. The van der Waals surface area contributed by atoms with Crippen molar-refractivity contribution < 1.29 is 0 Å². The van der Waals surface area contributed by atoms with E-state index >= 15 is 0 Å². The predicted molar refractivity (Wildman–Crippen MR) is 133 cm³/mol. The highest BCUT2D eigenvalue weighted by Gasteiger charge is 2.19. The molecule has 0 aliphatic carbocycles. The molecule has 0 bridgehead atoms. The first-order valence-electron chi connectivity index (χ1n) is 11.2. The number of pyridine rings is 4. The SMILES string of the molecule is CCc1cc2ncc(CN3CCN(c4cnc5c(NC)nc(Cl)cc5c4)CC3)cc2[nH]c1=O. The summed E-state index contributed by atoms with van der Waals surface area (Å²) in [7, 11) is 1.82. The van der Waals surface area contributed by atoms with E-state index in [2.05, 4.69) is 41.1 Å². The summed E-state index contributed by atoms with van der Waals surface area (Å²) in [5.74, 6) is 0.685. The molecule has 0 unspecified atom stereocenters. The molecule has 5 rings (SSSR count). The summed E-state index contributed by atoms with van der Waals surface area (Å²) in [6.45, 7) is 6.45. The van der Waals surface area contributed by atoms with Gasteiger partial charge in [0.15, 0.2) is 5.82 Å². The van der Waals surface area contributed by atoms with Crippen molar-refractivity contribution in [1.29, 1.82) is 0 Å². The minimum Gasteiger partial charge on any atom is -0.371 e. The number of hydrogen-bond donors (Lipinski definition) is 2. The molecule has 0 spiro atoms. The number of nitrogens with zero attached hydrogens (tertiary/aromatic N) is 5. The zero-order valence-corrected chi connectivity index (χ0v) is 19.5. The summed E-state index contributed by atoms with van der Waals surface area (Å²) in [6, 6.07) is 7.91. The molecule has 170 valence electrons. The largest absolute Gasteiger partial charge is 0.371 e. The Balaban J connectivity index is 1.28. The maximum atomic E-state index is 12.2. The molecule has 8 nitrogen and oxygen atoms in total. The van der Waals surface area contributed by atoms with Crippen LogP contribution in [0.2, 0.25) is 5.15 Å². The highest BCUT2D eigenvalue weighted by molar-refractivity contribution is 6.30. The van der Waals surface area contributed by atoms with Crippen LogP contribution in [0.1, 0.15) is 18.1 Å². The quantitative estimate of drug-likeness (QED) is 0.438. The average molecular weight is 464 g/mol. The summed E-state index contributed by atoms with van der Waals surface area (Å²) < 4.78 is 0. The monoisotopic (exact) mass is 463 g/mol. The standard InChI is InChI=1S/C24H26ClN7O/c1-3-16-10-19-20(29-24(16)33)8-15(12-27-19)14-31-4-6-32(7-5-31)18-9-17-11-21(25)30-23(26-2)22(17)28-13-18/h8-13H,3-7,14H2,1-2H3,(H,26,30)(H,29,33). The maximum absolute atomic E-state index is 12.2. The zero-order chi connectivity index (χ0) is 22.9. The van der Waals surface area contributed by atoms with E-state index in [1.807, 2.05) is 44.6 Å². The first kappa shape index (κ1) is 21.6. The number of piperazine rings is 1. The Labute approximate surface area is 196 Å². The van der Waals surface area contributed by atoms with Gasteiger partial charge in [-0.1, -0.05) is 18.5 Å². The first-order chi connectivity index (χ1) is 16.0. The van der Waals surface area contributed by atoms with Gasteiger partial charge >= 0.3 is 0 Å². The van der Waals surface area contributed by atoms with E-state index in [1.165, 1.54) is 0 Å². The molecule has 0 radical (unpaired) electrons. The van der Waals surface area contributed by atoms with E-state index < -0.39 is 0 Å². The van der Waals surface area contributed by atoms with Gasteiger partial charge in [-0.3, -0.25) is 19.7 Å². The van der Waals surface area contributed by atoms with Crippen LogP contribution in [0.25, 0.3) is 21.9 Å².